The fourth-order valence-corrected chi connectivity index (χ4v) is 2.27. The molecule has 1 fully saturated rings. The van der Waals surface area contributed by atoms with E-state index in [-0.39, 0.29) is 6.04 Å². The molecule has 1 saturated carbocycles. The van der Waals surface area contributed by atoms with Crippen molar-refractivity contribution in [1.82, 2.24) is 15.2 Å². The summed E-state index contributed by atoms with van der Waals surface area (Å²) >= 11 is 6.06. The molecule has 0 aromatic carbocycles. The van der Waals surface area contributed by atoms with Crippen molar-refractivity contribution in [1.29, 1.82) is 0 Å². The highest BCUT2D eigenvalue weighted by molar-refractivity contribution is 6.31. The van der Waals surface area contributed by atoms with Gasteiger partial charge in [0.05, 0.1) is 23.0 Å². The maximum Gasteiger partial charge on any atom is 0.0834 e. The highest BCUT2D eigenvalue weighted by atomic mass is 35.5. The van der Waals surface area contributed by atoms with Crippen LogP contribution in [0.25, 0.3) is 0 Å². The summed E-state index contributed by atoms with van der Waals surface area (Å²) in [6.07, 6.45) is 2.87. The van der Waals surface area contributed by atoms with Crippen LogP contribution >= 0.6 is 11.6 Å². The lowest BCUT2D eigenvalue weighted by Crippen LogP contribution is -2.31. The van der Waals surface area contributed by atoms with E-state index in [1.807, 2.05) is 7.05 Å². The quantitative estimate of drug-likeness (QED) is 0.588. The van der Waals surface area contributed by atoms with Crippen molar-refractivity contribution in [3.05, 3.63) is 16.9 Å². The van der Waals surface area contributed by atoms with Crippen LogP contribution in [0.15, 0.2) is 6.20 Å². The zero-order chi connectivity index (χ0) is 10.3. The molecule has 78 valence electrons. The van der Waals surface area contributed by atoms with Crippen molar-refractivity contribution in [3.63, 3.8) is 0 Å². The monoisotopic (exact) mass is 214 g/mol. The minimum Gasteiger partial charge on any atom is -0.271 e. The summed E-state index contributed by atoms with van der Waals surface area (Å²) in [5.74, 6) is 6.87. The van der Waals surface area contributed by atoms with Gasteiger partial charge in [-0.25, -0.2) is 0 Å². The number of nitrogens with one attached hydrogen (secondary N) is 1. The highest BCUT2D eigenvalue weighted by Crippen LogP contribution is 2.47. The lowest BCUT2D eigenvalue weighted by molar-refractivity contribution is 0.445. The minimum absolute atomic E-state index is 0.130. The molecule has 1 heterocycles. The number of hydrogen-bond donors (Lipinski definition) is 2. The normalized spacial score (nSPS) is 27.7. The third-order valence-electron chi connectivity index (χ3n) is 3.01. The molecule has 14 heavy (non-hydrogen) atoms. The van der Waals surface area contributed by atoms with E-state index in [4.69, 9.17) is 17.4 Å². The molecule has 0 spiro atoms. The second-order valence-corrected chi connectivity index (χ2v) is 4.43. The Hall–Kier alpha value is -0.580. The first kappa shape index (κ1) is 9.96. The lowest BCUT2D eigenvalue weighted by Gasteiger charge is -2.16. The summed E-state index contributed by atoms with van der Waals surface area (Å²) in [5, 5.41) is 4.80. The first-order chi connectivity index (χ1) is 6.65. The van der Waals surface area contributed by atoms with E-state index in [1.165, 1.54) is 6.42 Å². The van der Waals surface area contributed by atoms with E-state index in [0.29, 0.717) is 10.9 Å². The van der Waals surface area contributed by atoms with Crippen LogP contribution in [-0.4, -0.2) is 9.78 Å². The Kier molecular flexibility index (Phi) is 2.51. The van der Waals surface area contributed by atoms with Crippen molar-refractivity contribution in [3.8, 4) is 0 Å². The molecular weight excluding hydrogens is 200 g/mol. The lowest BCUT2D eigenvalue weighted by atomic mass is 10.1. The van der Waals surface area contributed by atoms with Crippen molar-refractivity contribution in [2.45, 2.75) is 19.4 Å². The number of hydrazine groups is 1. The summed E-state index contributed by atoms with van der Waals surface area (Å²) in [6, 6.07) is 0.130. The average Bonchev–Trinajstić information content (AvgIpc) is 2.78. The van der Waals surface area contributed by atoms with Gasteiger partial charge < -0.3 is 0 Å². The summed E-state index contributed by atoms with van der Waals surface area (Å²) in [5.41, 5.74) is 3.82. The average molecular weight is 215 g/mol. The molecule has 0 aliphatic heterocycles. The van der Waals surface area contributed by atoms with E-state index in [2.05, 4.69) is 17.4 Å². The van der Waals surface area contributed by atoms with Gasteiger partial charge in [0.1, 0.15) is 0 Å². The number of rotatable bonds is 3. The van der Waals surface area contributed by atoms with E-state index in [9.17, 15) is 0 Å². The Morgan fingerprint density at radius 1 is 1.79 bits per heavy atom. The topological polar surface area (TPSA) is 55.9 Å². The Bertz CT molecular complexity index is 316. The molecule has 1 aromatic heterocycles. The van der Waals surface area contributed by atoms with Crippen LogP contribution in [0.1, 0.15) is 25.1 Å². The van der Waals surface area contributed by atoms with Crippen molar-refractivity contribution in [2.75, 3.05) is 0 Å². The SMILES string of the molecule is CC1CC1C(NN)c1c(Cl)cnn1C. The molecule has 4 nitrogen and oxygen atoms in total. The predicted octanol–water partition coefficient (Wildman–Crippen LogP) is 1.23. The second kappa shape index (κ2) is 3.53. The number of halogens is 1. The molecule has 1 aliphatic rings. The first-order valence-corrected chi connectivity index (χ1v) is 5.16. The van der Waals surface area contributed by atoms with E-state index < -0.39 is 0 Å². The standard InChI is InChI=1S/C9H15ClN4/c1-5-3-6(5)8(13-11)9-7(10)4-12-14(9)2/h4-6,8,13H,3,11H2,1-2H3. The third kappa shape index (κ3) is 1.54. The molecule has 1 aromatic rings. The highest BCUT2D eigenvalue weighted by Gasteiger charge is 2.41. The summed E-state index contributed by atoms with van der Waals surface area (Å²) in [7, 11) is 1.89. The smallest absolute Gasteiger partial charge is 0.0834 e. The molecule has 0 amide bonds. The molecular formula is C9H15ClN4. The molecule has 5 heteroatoms. The van der Waals surface area contributed by atoms with Crippen LogP contribution in [0.4, 0.5) is 0 Å². The molecule has 0 radical (unpaired) electrons. The molecule has 1 aliphatic carbocycles. The molecule has 2 rings (SSSR count). The summed E-state index contributed by atoms with van der Waals surface area (Å²) in [6.45, 7) is 2.22. The fraction of sp³-hybridized carbons (Fsp3) is 0.667. The second-order valence-electron chi connectivity index (χ2n) is 4.02. The van der Waals surface area contributed by atoms with Gasteiger partial charge >= 0.3 is 0 Å². The van der Waals surface area contributed by atoms with Crippen LogP contribution in [0.5, 0.6) is 0 Å². The van der Waals surface area contributed by atoms with Crippen LogP contribution < -0.4 is 11.3 Å². The molecule has 3 N–H and O–H groups in total. The fourth-order valence-electron chi connectivity index (χ4n) is 1.99. The molecule has 3 unspecified atom stereocenters. The number of nitrogens with two attached hydrogens (primary N) is 1. The number of aromatic nitrogens is 2. The van der Waals surface area contributed by atoms with Gasteiger partial charge in [0.15, 0.2) is 0 Å². The molecule has 0 bridgehead atoms. The van der Waals surface area contributed by atoms with Crippen molar-refractivity contribution < 1.29 is 0 Å². The zero-order valence-corrected chi connectivity index (χ0v) is 9.12. The van der Waals surface area contributed by atoms with Gasteiger partial charge in [-0.3, -0.25) is 16.0 Å². The van der Waals surface area contributed by atoms with Crippen molar-refractivity contribution in [2.24, 2.45) is 24.7 Å². The van der Waals surface area contributed by atoms with Gasteiger partial charge in [-0.2, -0.15) is 5.10 Å². The molecule has 3 atom stereocenters. The summed E-state index contributed by atoms with van der Waals surface area (Å²) in [4.78, 5) is 0. The maximum atomic E-state index is 6.06. The number of aryl methyl sites for hydroxylation is 1. The van der Waals surface area contributed by atoms with Gasteiger partial charge in [0, 0.05) is 7.05 Å². The Labute approximate surface area is 88.4 Å². The largest absolute Gasteiger partial charge is 0.271 e. The van der Waals surface area contributed by atoms with Crippen LogP contribution in [0.3, 0.4) is 0 Å². The zero-order valence-electron chi connectivity index (χ0n) is 8.37. The minimum atomic E-state index is 0.130. The Morgan fingerprint density at radius 3 is 2.79 bits per heavy atom. The van der Waals surface area contributed by atoms with Gasteiger partial charge in [0.2, 0.25) is 0 Å². The van der Waals surface area contributed by atoms with Crippen molar-refractivity contribution >= 4 is 11.6 Å². The van der Waals surface area contributed by atoms with Gasteiger partial charge in [-0.05, 0) is 18.3 Å². The van der Waals surface area contributed by atoms with Crippen LogP contribution in [0.2, 0.25) is 5.02 Å². The Morgan fingerprint density at radius 2 is 2.43 bits per heavy atom. The van der Waals surface area contributed by atoms with Gasteiger partial charge in [-0.15, -0.1) is 0 Å². The van der Waals surface area contributed by atoms with E-state index in [0.717, 1.165) is 11.6 Å². The third-order valence-corrected chi connectivity index (χ3v) is 3.30. The van der Waals surface area contributed by atoms with E-state index >= 15 is 0 Å². The van der Waals surface area contributed by atoms with Gasteiger partial charge in [0.25, 0.3) is 0 Å². The van der Waals surface area contributed by atoms with Crippen LogP contribution in [0, 0.1) is 11.8 Å². The van der Waals surface area contributed by atoms with Gasteiger partial charge in [-0.1, -0.05) is 18.5 Å². The maximum absolute atomic E-state index is 6.06. The Balaban J connectivity index is 2.27. The van der Waals surface area contributed by atoms with Crippen LogP contribution in [-0.2, 0) is 7.05 Å². The number of nitrogens with zero attached hydrogens (tertiary/aromatic N) is 2. The van der Waals surface area contributed by atoms with E-state index in [1.54, 1.807) is 10.9 Å². The first-order valence-electron chi connectivity index (χ1n) is 4.78. The number of hydrogen-bond acceptors (Lipinski definition) is 3. The summed E-state index contributed by atoms with van der Waals surface area (Å²) < 4.78 is 1.79. The molecule has 0 saturated heterocycles. The predicted molar refractivity (Wildman–Crippen MR) is 55.6 cm³/mol.